The van der Waals surface area contributed by atoms with Crippen molar-refractivity contribution in [1.82, 2.24) is 9.55 Å². The predicted molar refractivity (Wildman–Crippen MR) is 107 cm³/mol. The van der Waals surface area contributed by atoms with E-state index in [-0.39, 0.29) is 6.61 Å². The molecule has 0 spiro atoms. The fraction of sp³-hybridized carbons (Fsp3) is 0.190. The number of aromatic nitrogens is 2. The summed E-state index contributed by atoms with van der Waals surface area (Å²) in [6.07, 6.45) is -0.564. The molecule has 0 aliphatic rings. The van der Waals surface area contributed by atoms with Crippen molar-refractivity contribution in [3.63, 3.8) is 0 Å². The van der Waals surface area contributed by atoms with Crippen LogP contribution < -0.4 is 4.74 Å². The van der Waals surface area contributed by atoms with Gasteiger partial charge in [0, 0.05) is 12.8 Å². The van der Waals surface area contributed by atoms with Gasteiger partial charge in [-0.15, -0.1) is 0 Å². The number of fused-ring (bicyclic) bond motifs is 2. The van der Waals surface area contributed by atoms with Crippen LogP contribution in [-0.2, 0) is 7.05 Å². The van der Waals surface area contributed by atoms with Crippen LogP contribution in [0.2, 0.25) is 0 Å². The molecule has 4 aromatic rings. The molecule has 0 amide bonds. The van der Waals surface area contributed by atoms with Gasteiger partial charge in [-0.1, -0.05) is 54.2 Å². The van der Waals surface area contributed by atoms with E-state index in [4.69, 9.17) is 4.74 Å². The molecule has 0 bridgehead atoms. The molecule has 0 saturated heterocycles. The van der Waals surface area contributed by atoms with Crippen molar-refractivity contribution in [2.45, 2.75) is 11.3 Å². The van der Waals surface area contributed by atoms with Gasteiger partial charge in [0.25, 0.3) is 0 Å². The van der Waals surface area contributed by atoms with Crippen molar-refractivity contribution in [3.8, 4) is 5.75 Å². The lowest BCUT2D eigenvalue weighted by molar-refractivity contribution is 0.126. The summed E-state index contributed by atoms with van der Waals surface area (Å²) in [7, 11) is 2.00. The zero-order chi connectivity index (χ0) is 17.9. The molecule has 0 saturated carbocycles. The SMILES string of the molecule is Cn1c(SCC(O)COc2ccc3ccccc3c2)nc2ccccc21. The summed E-state index contributed by atoms with van der Waals surface area (Å²) in [5.41, 5.74) is 2.07. The summed E-state index contributed by atoms with van der Waals surface area (Å²) in [6.45, 7) is 0.259. The van der Waals surface area contributed by atoms with Crippen LogP contribution in [0.1, 0.15) is 0 Å². The molecule has 0 aliphatic heterocycles. The summed E-state index contributed by atoms with van der Waals surface area (Å²) in [6, 6.07) is 22.2. The van der Waals surface area contributed by atoms with Gasteiger partial charge < -0.3 is 14.4 Å². The minimum absolute atomic E-state index is 0.259. The van der Waals surface area contributed by atoms with Gasteiger partial charge in [0.05, 0.1) is 17.1 Å². The number of aryl methyl sites for hydroxylation is 1. The molecule has 1 aromatic heterocycles. The van der Waals surface area contributed by atoms with Gasteiger partial charge in [-0.2, -0.15) is 0 Å². The quantitative estimate of drug-likeness (QED) is 0.519. The molecule has 1 unspecified atom stereocenters. The first-order chi connectivity index (χ1) is 12.7. The maximum Gasteiger partial charge on any atom is 0.168 e. The van der Waals surface area contributed by atoms with Crippen LogP contribution in [0.4, 0.5) is 0 Å². The van der Waals surface area contributed by atoms with Crippen LogP contribution in [0.5, 0.6) is 5.75 Å². The topological polar surface area (TPSA) is 47.3 Å². The number of aliphatic hydroxyl groups excluding tert-OH is 1. The van der Waals surface area contributed by atoms with Crippen LogP contribution in [0.3, 0.4) is 0 Å². The van der Waals surface area contributed by atoms with Crippen LogP contribution in [0.15, 0.2) is 71.9 Å². The monoisotopic (exact) mass is 364 g/mol. The summed E-state index contributed by atoms with van der Waals surface area (Å²) < 4.78 is 7.82. The highest BCUT2D eigenvalue weighted by atomic mass is 32.2. The normalized spacial score (nSPS) is 12.5. The van der Waals surface area contributed by atoms with Gasteiger partial charge in [0.15, 0.2) is 5.16 Å². The second-order valence-electron chi connectivity index (χ2n) is 6.23. The van der Waals surface area contributed by atoms with Gasteiger partial charge in [0.1, 0.15) is 12.4 Å². The van der Waals surface area contributed by atoms with Gasteiger partial charge in [0.2, 0.25) is 0 Å². The first-order valence-corrected chi connectivity index (χ1v) is 9.53. The molecule has 0 fully saturated rings. The van der Waals surface area contributed by atoms with E-state index in [1.54, 1.807) is 11.8 Å². The van der Waals surface area contributed by atoms with E-state index in [2.05, 4.69) is 21.7 Å². The van der Waals surface area contributed by atoms with Crippen LogP contribution in [-0.4, -0.2) is 33.1 Å². The number of ether oxygens (including phenoxy) is 1. The van der Waals surface area contributed by atoms with Gasteiger partial charge in [-0.05, 0) is 35.0 Å². The lowest BCUT2D eigenvalue weighted by Gasteiger charge is -2.12. The Morgan fingerprint density at radius 1 is 1.04 bits per heavy atom. The number of rotatable bonds is 6. The fourth-order valence-corrected chi connectivity index (χ4v) is 3.81. The number of nitrogens with zero attached hydrogens (tertiary/aromatic N) is 2. The Bertz CT molecular complexity index is 1040. The Morgan fingerprint density at radius 2 is 1.81 bits per heavy atom. The molecule has 132 valence electrons. The Kier molecular flexibility index (Phi) is 4.82. The molecule has 4 rings (SSSR count). The number of hydrogen-bond acceptors (Lipinski definition) is 4. The zero-order valence-corrected chi connectivity index (χ0v) is 15.3. The van der Waals surface area contributed by atoms with Crippen LogP contribution in [0, 0.1) is 0 Å². The summed E-state index contributed by atoms with van der Waals surface area (Å²) in [4.78, 5) is 4.61. The molecule has 3 aromatic carbocycles. The number of para-hydroxylation sites is 2. The Balaban J connectivity index is 1.35. The van der Waals surface area contributed by atoms with Gasteiger partial charge in [-0.3, -0.25) is 0 Å². The third-order valence-corrected chi connectivity index (χ3v) is 5.49. The largest absolute Gasteiger partial charge is 0.491 e. The maximum atomic E-state index is 10.3. The van der Waals surface area contributed by atoms with Crippen molar-refractivity contribution in [3.05, 3.63) is 66.7 Å². The molecule has 1 heterocycles. The third kappa shape index (κ3) is 3.54. The molecule has 0 aliphatic carbocycles. The van der Waals surface area contributed by atoms with E-state index in [0.29, 0.717) is 5.75 Å². The average Bonchev–Trinajstić information content (AvgIpc) is 3.00. The van der Waals surface area contributed by atoms with Crippen molar-refractivity contribution in [2.24, 2.45) is 7.05 Å². The summed E-state index contributed by atoms with van der Waals surface area (Å²) >= 11 is 1.54. The number of aliphatic hydroxyl groups is 1. The standard InChI is InChI=1S/C21H20N2O2S/c1-23-20-9-5-4-8-19(20)22-21(23)26-14-17(24)13-25-18-11-10-15-6-2-3-7-16(15)12-18/h2-12,17,24H,13-14H2,1H3. The molecular weight excluding hydrogens is 344 g/mol. The van der Waals surface area contributed by atoms with Crippen molar-refractivity contribution >= 4 is 33.6 Å². The Hall–Kier alpha value is -2.50. The maximum absolute atomic E-state index is 10.3. The summed E-state index contributed by atoms with van der Waals surface area (Å²) in [5, 5.41) is 13.5. The van der Waals surface area contributed by atoms with Crippen molar-refractivity contribution in [1.29, 1.82) is 0 Å². The highest BCUT2D eigenvalue weighted by Gasteiger charge is 2.12. The van der Waals surface area contributed by atoms with Crippen LogP contribution >= 0.6 is 11.8 Å². The lowest BCUT2D eigenvalue weighted by Crippen LogP contribution is -2.20. The number of hydrogen-bond donors (Lipinski definition) is 1. The lowest BCUT2D eigenvalue weighted by atomic mass is 10.1. The second-order valence-corrected chi connectivity index (χ2v) is 7.21. The Labute approximate surface area is 156 Å². The van der Waals surface area contributed by atoms with E-state index in [9.17, 15) is 5.11 Å². The number of thioether (sulfide) groups is 1. The van der Waals surface area contributed by atoms with E-state index in [0.717, 1.165) is 27.3 Å². The number of imidazole rings is 1. The third-order valence-electron chi connectivity index (χ3n) is 4.31. The smallest absolute Gasteiger partial charge is 0.168 e. The van der Waals surface area contributed by atoms with Gasteiger partial charge >= 0.3 is 0 Å². The average molecular weight is 364 g/mol. The van der Waals surface area contributed by atoms with E-state index >= 15 is 0 Å². The van der Waals surface area contributed by atoms with Gasteiger partial charge in [-0.25, -0.2) is 4.98 Å². The minimum Gasteiger partial charge on any atom is -0.491 e. The Morgan fingerprint density at radius 3 is 2.65 bits per heavy atom. The molecule has 4 nitrogen and oxygen atoms in total. The molecule has 1 atom stereocenters. The zero-order valence-electron chi connectivity index (χ0n) is 14.5. The predicted octanol–water partition coefficient (Wildman–Crippen LogP) is 4.26. The molecule has 0 radical (unpaired) electrons. The highest BCUT2D eigenvalue weighted by molar-refractivity contribution is 7.99. The fourth-order valence-electron chi connectivity index (χ4n) is 2.92. The molecular formula is C21H20N2O2S. The van der Waals surface area contributed by atoms with Crippen molar-refractivity contribution in [2.75, 3.05) is 12.4 Å². The first-order valence-electron chi connectivity index (χ1n) is 8.54. The van der Waals surface area contributed by atoms with Crippen LogP contribution in [0.25, 0.3) is 21.8 Å². The van der Waals surface area contributed by atoms with E-state index < -0.39 is 6.10 Å². The molecule has 26 heavy (non-hydrogen) atoms. The second kappa shape index (κ2) is 7.40. The highest BCUT2D eigenvalue weighted by Crippen LogP contribution is 2.24. The van der Waals surface area contributed by atoms with E-state index in [1.165, 1.54) is 5.39 Å². The first kappa shape index (κ1) is 16.9. The summed E-state index contributed by atoms with van der Waals surface area (Å²) in [5.74, 6) is 1.31. The minimum atomic E-state index is -0.564. The van der Waals surface area contributed by atoms with Crippen molar-refractivity contribution < 1.29 is 9.84 Å². The molecule has 5 heteroatoms. The van der Waals surface area contributed by atoms with E-state index in [1.807, 2.05) is 61.6 Å². The molecule has 1 N–H and O–H groups in total. The number of benzene rings is 3.